The number of amides is 1. The molecule has 2 unspecified atom stereocenters. The summed E-state index contributed by atoms with van der Waals surface area (Å²) in [7, 11) is 1.56. The van der Waals surface area contributed by atoms with Crippen LogP contribution in [0.25, 0.3) is 5.76 Å². The van der Waals surface area contributed by atoms with Crippen molar-refractivity contribution in [1.29, 1.82) is 0 Å². The highest BCUT2D eigenvalue weighted by Gasteiger charge is 2.47. The summed E-state index contributed by atoms with van der Waals surface area (Å²) in [6.45, 7) is 0.959. The first-order chi connectivity index (χ1) is 14.1. The van der Waals surface area contributed by atoms with Crippen LogP contribution < -0.4 is 4.74 Å². The molecule has 2 aliphatic rings. The number of carbonyl (C=O) groups is 2. The van der Waals surface area contributed by atoms with Crippen LogP contribution in [0.2, 0.25) is 0 Å². The van der Waals surface area contributed by atoms with Gasteiger partial charge in [-0.25, -0.2) is 0 Å². The van der Waals surface area contributed by atoms with Crippen LogP contribution in [0, 0.1) is 0 Å². The van der Waals surface area contributed by atoms with Crippen LogP contribution in [-0.4, -0.2) is 48.1 Å². The molecule has 2 aromatic carbocycles. The van der Waals surface area contributed by atoms with E-state index in [1.165, 1.54) is 4.90 Å². The van der Waals surface area contributed by atoms with Gasteiger partial charge in [-0.05, 0) is 30.5 Å². The maximum atomic E-state index is 13.0. The van der Waals surface area contributed by atoms with Crippen LogP contribution in [0.3, 0.4) is 0 Å². The quantitative estimate of drug-likeness (QED) is 0.479. The van der Waals surface area contributed by atoms with Gasteiger partial charge in [0.05, 0.1) is 24.8 Å². The molecule has 4 rings (SSSR count). The van der Waals surface area contributed by atoms with Crippen molar-refractivity contribution in [1.82, 2.24) is 4.90 Å². The van der Waals surface area contributed by atoms with Crippen LogP contribution in [0.4, 0.5) is 0 Å². The first-order valence-electron chi connectivity index (χ1n) is 9.69. The molecule has 6 heteroatoms. The van der Waals surface area contributed by atoms with Crippen molar-refractivity contribution in [3.63, 3.8) is 0 Å². The standard InChI is InChI=1S/C23H23NO5/c1-28-17-10-5-9-16(13-17)20-19(21(25)15-7-3-2-4-8-15)22(26)23(27)24(20)14-18-11-6-12-29-18/h2-5,7-10,13,18,20,25H,6,11-12,14H2,1H3/b21-19+. The Morgan fingerprint density at radius 1 is 1.17 bits per heavy atom. The van der Waals surface area contributed by atoms with E-state index >= 15 is 0 Å². The minimum absolute atomic E-state index is 0.0902. The van der Waals surface area contributed by atoms with E-state index in [9.17, 15) is 14.7 Å². The Hall–Kier alpha value is -3.12. The third kappa shape index (κ3) is 3.63. The Bertz CT molecular complexity index is 947. The topological polar surface area (TPSA) is 76.1 Å². The highest BCUT2D eigenvalue weighted by atomic mass is 16.5. The van der Waals surface area contributed by atoms with Gasteiger partial charge >= 0.3 is 0 Å². The lowest BCUT2D eigenvalue weighted by molar-refractivity contribution is -0.140. The van der Waals surface area contributed by atoms with Gasteiger partial charge in [-0.15, -0.1) is 0 Å². The van der Waals surface area contributed by atoms with Gasteiger partial charge in [-0.2, -0.15) is 0 Å². The summed E-state index contributed by atoms with van der Waals surface area (Å²) in [4.78, 5) is 27.4. The molecule has 0 aromatic heterocycles. The van der Waals surface area contributed by atoms with Gasteiger partial charge in [0.1, 0.15) is 11.5 Å². The molecule has 2 fully saturated rings. The molecular formula is C23H23NO5. The van der Waals surface area contributed by atoms with Gasteiger partial charge in [-0.1, -0.05) is 42.5 Å². The van der Waals surface area contributed by atoms with Gasteiger partial charge in [0.15, 0.2) is 0 Å². The minimum atomic E-state index is -0.700. The molecule has 1 amide bonds. The Balaban J connectivity index is 1.83. The maximum Gasteiger partial charge on any atom is 0.295 e. The molecule has 0 aliphatic carbocycles. The van der Waals surface area contributed by atoms with E-state index in [-0.39, 0.29) is 17.4 Å². The van der Waals surface area contributed by atoms with Crippen LogP contribution in [0.15, 0.2) is 60.2 Å². The predicted molar refractivity (Wildman–Crippen MR) is 107 cm³/mol. The molecule has 29 heavy (non-hydrogen) atoms. The molecule has 1 N–H and O–H groups in total. The molecular weight excluding hydrogens is 370 g/mol. The average molecular weight is 393 g/mol. The fourth-order valence-corrected chi connectivity index (χ4v) is 3.99. The number of carbonyl (C=O) groups excluding carboxylic acids is 2. The van der Waals surface area contributed by atoms with Crippen LogP contribution in [-0.2, 0) is 14.3 Å². The number of hydrogen-bond acceptors (Lipinski definition) is 5. The molecule has 0 radical (unpaired) electrons. The Morgan fingerprint density at radius 3 is 2.66 bits per heavy atom. The number of ketones is 1. The number of Topliss-reactive ketones (excluding diaryl/α,β-unsaturated/α-hetero) is 1. The predicted octanol–water partition coefficient (Wildman–Crippen LogP) is 3.30. The molecule has 2 saturated heterocycles. The van der Waals surface area contributed by atoms with Crippen molar-refractivity contribution in [3.8, 4) is 5.75 Å². The second-order valence-electron chi connectivity index (χ2n) is 7.23. The molecule has 2 atom stereocenters. The average Bonchev–Trinajstić information content (AvgIpc) is 3.36. The SMILES string of the molecule is COc1cccc(C2/C(=C(\O)c3ccccc3)C(=O)C(=O)N2CC2CCCO2)c1. The number of benzene rings is 2. The van der Waals surface area contributed by atoms with E-state index in [1.807, 2.05) is 18.2 Å². The largest absolute Gasteiger partial charge is 0.507 e. The number of aliphatic hydroxyl groups excluding tert-OH is 1. The lowest BCUT2D eigenvalue weighted by Gasteiger charge is -2.27. The summed E-state index contributed by atoms with van der Waals surface area (Å²) in [6.07, 6.45) is 1.66. The highest BCUT2D eigenvalue weighted by molar-refractivity contribution is 6.46. The molecule has 0 spiro atoms. The van der Waals surface area contributed by atoms with Crippen molar-refractivity contribution in [3.05, 3.63) is 71.3 Å². The number of ether oxygens (including phenoxy) is 2. The van der Waals surface area contributed by atoms with E-state index in [1.54, 1.807) is 43.5 Å². The zero-order valence-corrected chi connectivity index (χ0v) is 16.2. The summed E-state index contributed by atoms with van der Waals surface area (Å²) in [5, 5.41) is 11.0. The van der Waals surface area contributed by atoms with Crippen molar-refractivity contribution >= 4 is 17.4 Å². The number of likely N-dealkylation sites (tertiary alicyclic amines) is 1. The fraction of sp³-hybridized carbons (Fsp3) is 0.304. The van der Waals surface area contributed by atoms with Crippen molar-refractivity contribution < 1.29 is 24.2 Å². The Labute approximate surface area is 169 Å². The lowest BCUT2D eigenvalue weighted by atomic mass is 9.95. The van der Waals surface area contributed by atoms with E-state index in [4.69, 9.17) is 9.47 Å². The lowest BCUT2D eigenvalue weighted by Crippen LogP contribution is -2.36. The first-order valence-corrected chi connectivity index (χ1v) is 9.69. The summed E-state index contributed by atoms with van der Waals surface area (Å²) in [6, 6.07) is 15.3. The van der Waals surface area contributed by atoms with Crippen LogP contribution >= 0.6 is 0 Å². The molecule has 0 bridgehead atoms. The third-order valence-corrected chi connectivity index (χ3v) is 5.42. The van der Waals surface area contributed by atoms with Gasteiger partial charge < -0.3 is 19.5 Å². The van der Waals surface area contributed by atoms with Gasteiger partial charge in [0, 0.05) is 18.7 Å². The van der Waals surface area contributed by atoms with Crippen molar-refractivity contribution in [2.24, 2.45) is 0 Å². The molecule has 0 saturated carbocycles. The smallest absolute Gasteiger partial charge is 0.295 e. The summed E-state index contributed by atoms with van der Waals surface area (Å²) >= 11 is 0. The number of nitrogens with zero attached hydrogens (tertiary/aromatic N) is 1. The van der Waals surface area contributed by atoms with E-state index in [0.29, 0.717) is 30.0 Å². The molecule has 2 aliphatic heterocycles. The van der Waals surface area contributed by atoms with Crippen molar-refractivity contribution in [2.45, 2.75) is 25.0 Å². The second-order valence-corrected chi connectivity index (χ2v) is 7.23. The number of aliphatic hydroxyl groups is 1. The third-order valence-electron chi connectivity index (χ3n) is 5.42. The second kappa shape index (κ2) is 8.09. The van der Waals surface area contributed by atoms with Crippen molar-refractivity contribution in [2.75, 3.05) is 20.3 Å². The Kier molecular flexibility index (Phi) is 5.36. The molecule has 2 aromatic rings. The summed E-state index contributed by atoms with van der Waals surface area (Å²) < 4.78 is 11.0. The van der Waals surface area contributed by atoms with Gasteiger partial charge in [0.25, 0.3) is 11.7 Å². The van der Waals surface area contributed by atoms with Gasteiger partial charge in [-0.3, -0.25) is 9.59 Å². The number of rotatable bonds is 5. The Morgan fingerprint density at radius 2 is 1.97 bits per heavy atom. The van der Waals surface area contributed by atoms with Crippen LogP contribution in [0.1, 0.15) is 30.0 Å². The van der Waals surface area contributed by atoms with Gasteiger partial charge in [0.2, 0.25) is 0 Å². The monoisotopic (exact) mass is 393 g/mol. The summed E-state index contributed by atoms with van der Waals surface area (Å²) in [5.41, 5.74) is 1.29. The van der Waals surface area contributed by atoms with E-state index in [0.717, 1.165) is 12.8 Å². The van der Waals surface area contributed by atoms with Crippen LogP contribution in [0.5, 0.6) is 5.75 Å². The minimum Gasteiger partial charge on any atom is -0.507 e. The zero-order chi connectivity index (χ0) is 20.4. The molecule has 2 heterocycles. The molecule has 6 nitrogen and oxygen atoms in total. The number of hydrogen-bond donors (Lipinski definition) is 1. The fourth-order valence-electron chi connectivity index (χ4n) is 3.99. The summed E-state index contributed by atoms with van der Waals surface area (Å²) in [5.74, 6) is -0.862. The maximum absolute atomic E-state index is 13.0. The normalized spacial score (nSPS) is 23.6. The zero-order valence-electron chi connectivity index (χ0n) is 16.2. The van der Waals surface area contributed by atoms with E-state index < -0.39 is 17.7 Å². The highest BCUT2D eigenvalue weighted by Crippen LogP contribution is 2.40. The number of methoxy groups -OCH3 is 1. The molecule has 150 valence electrons. The first kappa shape index (κ1) is 19.2. The van der Waals surface area contributed by atoms with E-state index in [2.05, 4.69) is 0 Å².